The van der Waals surface area contributed by atoms with E-state index in [2.05, 4.69) is 15.5 Å². The average Bonchev–Trinajstić information content (AvgIpc) is 2.72. The summed E-state index contributed by atoms with van der Waals surface area (Å²) in [5, 5.41) is 9.71. The number of aryl methyl sites for hydroxylation is 1. The summed E-state index contributed by atoms with van der Waals surface area (Å²) in [7, 11) is 0. The molecule has 0 unspecified atom stereocenters. The van der Waals surface area contributed by atoms with Gasteiger partial charge in [-0.2, -0.15) is 5.10 Å². The fraction of sp³-hybridized carbons (Fsp3) is 0.0909. The topological polar surface area (TPSA) is 83.8 Å². The molecule has 7 heteroatoms. The number of halogens is 2. The highest BCUT2D eigenvalue weighted by Gasteiger charge is 2.14. The Kier molecular flexibility index (Phi) is 3.45. The fourth-order valence-electron chi connectivity index (χ4n) is 1.41. The van der Waals surface area contributed by atoms with Crippen LogP contribution in [0.3, 0.4) is 0 Å². The third-order valence-corrected chi connectivity index (χ3v) is 3.13. The van der Waals surface area contributed by atoms with Crippen LogP contribution in [0.5, 0.6) is 0 Å². The Morgan fingerprint density at radius 3 is 2.72 bits per heavy atom. The summed E-state index contributed by atoms with van der Waals surface area (Å²) >= 11 is 12.0. The van der Waals surface area contributed by atoms with E-state index in [0.29, 0.717) is 15.7 Å². The van der Waals surface area contributed by atoms with Crippen molar-refractivity contribution in [3.05, 3.63) is 39.5 Å². The van der Waals surface area contributed by atoms with Gasteiger partial charge < -0.3 is 11.1 Å². The van der Waals surface area contributed by atoms with Gasteiger partial charge in [0, 0.05) is 5.02 Å². The number of benzene rings is 1. The number of rotatable bonds is 2. The maximum absolute atomic E-state index is 11.9. The number of carbonyl (C=O) groups is 1. The van der Waals surface area contributed by atoms with Crippen molar-refractivity contribution in [2.75, 3.05) is 11.1 Å². The number of aromatic amines is 1. The predicted molar refractivity (Wildman–Crippen MR) is 72.2 cm³/mol. The third kappa shape index (κ3) is 2.42. The summed E-state index contributed by atoms with van der Waals surface area (Å²) in [4.78, 5) is 11.9. The highest BCUT2D eigenvalue weighted by molar-refractivity contribution is 6.36. The molecule has 1 aromatic heterocycles. The molecule has 2 rings (SSSR count). The van der Waals surface area contributed by atoms with Gasteiger partial charge in [0.2, 0.25) is 0 Å². The van der Waals surface area contributed by atoms with E-state index in [9.17, 15) is 4.79 Å². The van der Waals surface area contributed by atoms with Crippen LogP contribution in [0, 0.1) is 6.92 Å². The van der Waals surface area contributed by atoms with E-state index in [1.807, 2.05) is 6.92 Å². The summed E-state index contributed by atoms with van der Waals surface area (Å²) in [5.41, 5.74) is 7.07. The van der Waals surface area contributed by atoms with Crippen LogP contribution in [0.15, 0.2) is 18.3 Å². The maximum Gasteiger partial charge on any atom is 0.261 e. The van der Waals surface area contributed by atoms with Gasteiger partial charge in [-0.15, -0.1) is 0 Å². The molecule has 18 heavy (non-hydrogen) atoms. The standard InChI is InChI=1S/C11H10Cl2N4O/c1-5-2-8(13)9(3-7(5)12)16-11(18)6-4-15-17-10(6)14/h2-4H,1H3,(H,16,18)(H3,14,15,17). The largest absolute Gasteiger partial charge is 0.383 e. The number of carbonyl (C=O) groups excluding carboxylic acids is 1. The van der Waals surface area contributed by atoms with E-state index in [1.165, 1.54) is 6.20 Å². The molecule has 94 valence electrons. The number of amides is 1. The van der Waals surface area contributed by atoms with Crippen LogP contribution in [0.1, 0.15) is 15.9 Å². The lowest BCUT2D eigenvalue weighted by Gasteiger charge is -2.08. The minimum atomic E-state index is -0.400. The molecule has 1 aromatic carbocycles. The second-order valence-corrected chi connectivity index (χ2v) is 4.55. The van der Waals surface area contributed by atoms with E-state index in [-0.39, 0.29) is 11.4 Å². The minimum absolute atomic E-state index is 0.196. The lowest BCUT2D eigenvalue weighted by Crippen LogP contribution is -2.13. The normalized spacial score (nSPS) is 10.4. The molecule has 0 aliphatic carbocycles. The quantitative estimate of drug-likeness (QED) is 0.793. The highest BCUT2D eigenvalue weighted by Crippen LogP contribution is 2.29. The zero-order valence-corrected chi connectivity index (χ0v) is 10.9. The number of hydrogen-bond donors (Lipinski definition) is 3. The summed E-state index contributed by atoms with van der Waals surface area (Å²) < 4.78 is 0. The van der Waals surface area contributed by atoms with E-state index < -0.39 is 5.91 Å². The van der Waals surface area contributed by atoms with Crippen LogP contribution in [0.25, 0.3) is 0 Å². The molecule has 5 nitrogen and oxygen atoms in total. The minimum Gasteiger partial charge on any atom is -0.383 e. The van der Waals surface area contributed by atoms with Gasteiger partial charge in [-0.1, -0.05) is 23.2 Å². The number of nitrogens with two attached hydrogens (primary N) is 1. The van der Waals surface area contributed by atoms with E-state index in [4.69, 9.17) is 28.9 Å². The van der Waals surface area contributed by atoms with Crippen LogP contribution in [0.4, 0.5) is 11.5 Å². The monoisotopic (exact) mass is 284 g/mol. The third-order valence-electron chi connectivity index (χ3n) is 2.41. The van der Waals surface area contributed by atoms with Crippen LogP contribution in [-0.4, -0.2) is 16.1 Å². The maximum atomic E-state index is 11.9. The first-order valence-electron chi connectivity index (χ1n) is 5.05. The highest BCUT2D eigenvalue weighted by atomic mass is 35.5. The van der Waals surface area contributed by atoms with Crippen LogP contribution >= 0.6 is 23.2 Å². The fourth-order valence-corrected chi connectivity index (χ4v) is 1.84. The van der Waals surface area contributed by atoms with Crippen LogP contribution < -0.4 is 11.1 Å². The van der Waals surface area contributed by atoms with Crippen molar-refractivity contribution in [2.45, 2.75) is 6.92 Å². The van der Waals surface area contributed by atoms with Crippen molar-refractivity contribution in [1.29, 1.82) is 0 Å². The number of anilines is 2. The number of nitrogen functional groups attached to an aromatic ring is 1. The van der Waals surface area contributed by atoms with Crippen molar-refractivity contribution < 1.29 is 4.79 Å². The molecule has 0 radical (unpaired) electrons. The van der Waals surface area contributed by atoms with Gasteiger partial charge in [0.05, 0.1) is 16.9 Å². The molecule has 2 aromatic rings. The van der Waals surface area contributed by atoms with Crippen molar-refractivity contribution >= 4 is 40.6 Å². The molecule has 0 aliphatic rings. The number of nitrogens with zero attached hydrogens (tertiary/aromatic N) is 1. The predicted octanol–water partition coefficient (Wildman–Crippen LogP) is 2.86. The first kappa shape index (κ1) is 12.7. The lowest BCUT2D eigenvalue weighted by atomic mass is 10.2. The molecule has 1 heterocycles. The van der Waals surface area contributed by atoms with Crippen molar-refractivity contribution in [3.8, 4) is 0 Å². The van der Waals surface area contributed by atoms with Crippen molar-refractivity contribution in [1.82, 2.24) is 10.2 Å². The molecule has 0 saturated heterocycles. The first-order chi connectivity index (χ1) is 8.49. The number of hydrogen-bond acceptors (Lipinski definition) is 3. The zero-order valence-electron chi connectivity index (χ0n) is 9.42. The van der Waals surface area contributed by atoms with E-state index in [0.717, 1.165) is 5.56 Å². The first-order valence-corrected chi connectivity index (χ1v) is 5.80. The molecule has 0 bridgehead atoms. The van der Waals surface area contributed by atoms with Gasteiger partial charge in [-0.3, -0.25) is 9.89 Å². The SMILES string of the molecule is Cc1cc(Cl)c(NC(=O)c2cn[nH]c2N)cc1Cl. The van der Waals surface area contributed by atoms with Crippen molar-refractivity contribution in [3.63, 3.8) is 0 Å². The van der Waals surface area contributed by atoms with Crippen LogP contribution in [0.2, 0.25) is 10.0 Å². The molecule has 0 spiro atoms. The Labute approximate surface area is 113 Å². The Bertz CT molecular complexity index is 609. The number of nitrogens with one attached hydrogen (secondary N) is 2. The van der Waals surface area contributed by atoms with Gasteiger partial charge in [0.25, 0.3) is 5.91 Å². The number of H-pyrrole nitrogens is 1. The van der Waals surface area contributed by atoms with Crippen molar-refractivity contribution in [2.24, 2.45) is 0 Å². The second-order valence-electron chi connectivity index (χ2n) is 3.73. The van der Waals surface area contributed by atoms with E-state index >= 15 is 0 Å². The average molecular weight is 285 g/mol. The van der Waals surface area contributed by atoms with Gasteiger partial charge in [0.1, 0.15) is 11.4 Å². The summed E-state index contributed by atoms with van der Waals surface area (Å²) in [6, 6.07) is 3.27. The molecule has 0 aliphatic heterocycles. The Morgan fingerprint density at radius 2 is 2.11 bits per heavy atom. The van der Waals surface area contributed by atoms with Gasteiger partial charge >= 0.3 is 0 Å². The second kappa shape index (κ2) is 4.88. The van der Waals surface area contributed by atoms with Gasteiger partial charge in [-0.25, -0.2) is 0 Å². The Hall–Kier alpha value is -1.72. The summed E-state index contributed by atoms with van der Waals surface area (Å²) in [6.07, 6.45) is 1.34. The Balaban J connectivity index is 2.28. The van der Waals surface area contributed by atoms with Gasteiger partial charge in [0.15, 0.2) is 0 Å². The molecule has 0 atom stereocenters. The summed E-state index contributed by atoms with van der Waals surface area (Å²) in [5.74, 6) is -0.204. The molecule has 1 amide bonds. The lowest BCUT2D eigenvalue weighted by molar-refractivity contribution is 0.102. The zero-order chi connectivity index (χ0) is 13.3. The molecular formula is C11H10Cl2N4O. The van der Waals surface area contributed by atoms with Gasteiger partial charge in [-0.05, 0) is 24.6 Å². The summed E-state index contributed by atoms with van der Waals surface area (Å²) in [6.45, 7) is 1.83. The molecule has 4 N–H and O–H groups in total. The smallest absolute Gasteiger partial charge is 0.261 e. The number of aromatic nitrogens is 2. The van der Waals surface area contributed by atoms with Crippen LogP contribution in [-0.2, 0) is 0 Å². The Morgan fingerprint density at radius 1 is 1.39 bits per heavy atom. The molecule has 0 saturated carbocycles. The molecule has 0 fully saturated rings. The molecular weight excluding hydrogens is 275 g/mol. The van der Waals surface area contributed by atoms with E-state index in [1.54, 1.807) is 12.1 Å².